The van der Waals surface area contributed by atoms with Crippen LogP contribution in [0.5, 0.6) is 0 Å². The van der Waals surface area contributed by atoms with Gasteiger partial charge in [0.1, 0.15) is 16.3 Å². The largest absolute Gasteiger partial charge is 0.462 e. The topological polar surface area (TPSA) is 68.5 Å². The molecule has 0 aliphatic rings. The maximum Gasteiger partial charge on any atom is 0.341 e. The van der Waals surface area contributed by atoms with Gasteiger partial charge in [-0.25, -0.2) is 4.79 Å². The molecule has 0 bridgehead atoms. The van der Waals surface area contributed by atoms with E-state index in [1.165, 1.54) is 16.9 Å². The first-order chi connectivity index (χ1) is 13.7. The van der Waals surface area contributed by atoms with Gasteiger partial charge in [0, 0.05) is 10.9 Å². The summed E-state index contributed by atoms with van der Waals surface area (Å²) in [6.45, 7) is 10.2. The van der Waals surface area contributed by atoms with Crippen LogP contribution in [0.15, 0.2) is 46.2 Å². The molecule has 2 heterocycles. The van der Waals surface area contributed by atoms with E-state index in [-0.39, 0.29) is 17.8 Å². The Morgan fingerprint density at radius 1 is 1.10 bits per heavy atom. The Kier molecular flexibility index (Phi) is 5.94. The lowest BCUT2D eigenvalue weighted by Gasteiger charge is -2.19. The summed E-state index contributed by atoms with van der Waals surface area (Å²) in [5, 5.41) is 5.09. The fraction of sp³-hybridized carbons (Fsp3) is 0.304. The summed E-state index contributed by atoms with van der Waals surface area (Å²) in [5.74, 6) is -0.0249. The number of hydrogen-bond acceptors (Lipinski definition) is 5. The molecule has 1 N–H and O–H groups in total. The van der Waals surface area contributed by atoms with Gasteiger partial charge in [0.2, 0.25) is 0 Å². The fourth-order valence-electron chi connectivity index (χ4n) is 2.94. The minimum atomic E-state index is -0.463. The normalized spacial score (nSPS) is 11.3. The van der Waals surface area contributed by atoms with E-state index in [0.717, 1.165) is 11.1 Å². The summed E-state index contributed by atoms with van der Waals surface area (Å²) in [4.78, 5) is 25.2. The van der Waals surface area contributed by atoms with Crippen LogP contribution in [0, 0.1) is 6.92 Å². The minimum absolute atomic E-state index is 0.0391. The number of rotatable bonds is 5. The van der Waals surface area contributed by atoms with Gasteiger partial charge >= 0.3 is 5.97 Å². The van der Waals surface area contributed by atoms with Crippen molar-refractivity contribution in [3.05, 3.63) is 64.4 Å². The number of ether oxygens (including phenoxy) is 1. The molecule has 0 saturated heterocycles. The maximum absolute atomic E-state index is 12.7. The molecule has 3 aromatic rings. The number of carbonyl (C=O) groups excluding carboxylic acids is 2. The van der Waals surface area contributed by atoms with Crippen LogP contribution >= 0.6 is 11.3 Å². The van der Waals surface area contributed by atoms with Gasteiger partial charge in [-0.3, -0.25) is 4.79 Å². The Labute approximate surface area is 174 Å². The van der Waals surface area contributed by atoms with Crippen molar-refractivity contribution in [1.82, 2.24) is 0 Å². The van der Waals surface area contributed by atoms with Crippen LogP contribution in [-0.4, -0.2) is 18.5 Å². The average molecular weight is 412 g/mol. The molecule has 3 rings (SSSR count). The second kappa shape index (κ2) is 8.25. The molecule has 0 aliphatic carbocycles. The van der Waals surface area contributed by atoms with E-state index >= 15 is 0 Å². The molecule has 152 valence electrons. The molecule has 6 heteroatoms. The van der Waals surface area contributed by atoms with Crippen molar-refractivity contribution in [3.8, 4) is 11.1 Å². The molecule has 0 radical (unpaired) electrons. The number of hydrogen-bond donors (Lipinski definition) is 1. The third-order valence-electron chi connectivity index (χ3n) is 4.52. The first kappa shape index (κ1) is 20.9. The predicted molar refractivity (Wildman–Crippen MR) is 116 cm³/mol. The van der Waals surface area contributed by atoms with Crippen LogP contribution in [0.3, 0.4) is 0 Å². The molecule has 0 aliphatic heterocycles. The summed E-state index contributed by atoms with van der Waals surface area (Å²) in [7, 11) is 0. The Morgan fingerprint density at radius 2 is 1.79 bits per heavy atom. The van der Waals surface area contributed by atoms with Crippen molar-refractivity contribution in [2.24, 2.45) is 0 Å². The third kappa shape index (κ3) is 4.59. The standard InChI is InChI=1S/C23H25NO4S/c1-6-27-22(26)19-17(15-8-10-16(11-9-15)23(3,4)5)13-29-21(19)24-20(25)18-12-7-14(2)28-18/h7-13H,6H2,1-5H3,(H,24,25). The Bertz CT molecular complexity index is 1020. The minimum Gasteiger partial charge on any atom is -0.462 e. The Balaban J connectivity index is 1.97. The van der Waals surface area contributed by atoms with Gasteiger partial charge in [-0.1, -0.05) is 45.0 Å². The van der Waals surface area contributed by atoms with Crippen LogP contribution in [0.1, 0.15) is 59.9 Å². The lowest BCUT2D eigenvalue weighted by atomic mass is 9.86. The highest BCUT2D eigenvalue weighted by atomic mass is 32.1. The molecule has 2 aromatic heterocycles. The third-order valence-corrected chi connectivity index (χ3v) is 5.42. The lowest BCUT2D eigenvalue weighted by molar-refractivity contribution is 0.0529. The van der Waals surface area contributed by atoms with E-state index in [9.17, 15) is 9.59 Å². The van der Waals surface area contributed by atoms with E-state index in [4.69, 9.17) is 9.15 Å². The number of nitrogens with one attached hydrogen (secondary N) is 1. The second-order valence-electron chi connectivity index (χ2n) is 7.77. The van der Waals surface area contributed by atoms with Crippen molar-refractivity contribution < 1.29 is 18.7 Å². The van der Waals surface area contributed by atoms with Gasteiger partial charge in [0.25, 0.3) is 5.91 Å². The molecule has 0 unspecified atom stereocenters. The number of aryl methyl sites for hydroxylation is 1. The number of carbonyl (C=O) groups is 2. The maximum atomic E-state index is 12.7. The van der Waals surface area contributed by atoms with Crippen molar-refractivity contribution in [1.29, 1.82) is 0 Å². The summed E-state index contributed by atoms with van der Waals surface area (Å²) in [5.41, 5.74) is 3.23. The molecule has 1 amide bonds. The van der Waals surface area contributed by atoms with Crippen molar-refractivity contribution >= 4 is 28.2 Å². The molecule has 0 atom stereocenters. The number of thiophene rings is 1. The molecule has 0 saturated carbocycles. The van der Waals surface area contributed by atoms with Gasteiger partial charge < -0.3 is 14.5 Å². The van der Waals surface area contributed by atoms with E-state index < -0.39 is 11.9 Å². The molecule has 0 fully saturated rings. The first-order valence-electron chi connectivity index (χ1n) is 9.48. The molecule has 5 nitrogen and oxygen atoms in total. The zero-order valence-corrected chi connectivity index (χ0v) is 18.1. The first-order valence-corrected chi connectivity index (χ1v) is 10.4. The highest BCUT2D eigenvalue weighted by Crippen LogP contribution is 2.37. The van der Waals surface area contributed by atoms with Crippen LogP contribution in [0.4, 0.5) is 5.00 Å². The van der Waals surface area contributed by atoms with Gasteiger partial charge in [-0.15, -0.1) is 11.3 Å². The molecule has 0 spiro atoms. The summed E-state index contributed by atoms with van der Waals surface area (Å²) in [6, 6.07) is 11.4. The Hall–Kier alpha value is -2.86. The van der Waals surface area contributed by atoms with Crippen LogP contribution in [0.25, 0.3) is 11.1 Å². The van der Waals surface area contributed by atoms with E-state index in [1.54, 1.807) is 26.0 Å². The van der Waals surface area contributed by atoms with Gasteiger partial charge in [0.15, 0.2) is 5.76 Å². The van der Waals surface area contributed by atoms with Crippen molar-refractivity contribution in [2.75, 3.05) is 11.9 Å². The highest BCUT2D eigenvalue weighted by Gasteiger charge is 2.24. The van der Waals surface area contributed by atoms with E-state index in [0.29, 0.717) is 16.3 Å². The van der Waals surface area contributed by atoms with Crippen molar-refractivity contribution in [3.63, 3.8) is 0 Å². The number of anilines is 1. The SMILES string of the molecule is CCOC(=O)c1c(-c2ccc(C(C)(C)C)cc2)csc1NC(=O)c1ccc(C)o1. The zero-order valence-electron chi connectivity index (χ0n) is 17.3. The second-order valence-corrected chi connectivity index (χ2v) is 8.65. The van der Waals surface area contributed by atoms with E-state index in [2.05, 4.69) is 38.2 Å². The van der Waals surface area contributed by atoms with Gasteiger partial charge in [-0.05, 0) is 42.5 Å². The number of furan rings is 1. The zero-order chi connectivity index (χ0) is 21.2. The fourth-order valence-corrected chi connectivity index (χ4v) is 3.89. The molecular weight excluding hydrogens is 386 g/mol. The van der Waals surface area contributed by atoms with Crippen LogP contribution in [-0.2, 0) is 10.2 Å². The molecule has 1 aromatic carbocycles. The monoisotopic (exact) mass is 411 g/mol. The Morgan fingerprint density at radius 3 is 2.34 bits per heavy atom. The van der Waals surface area contributed by atoms with Crippen LogP contribution < -0.4 is 5.32 Å². The molecule has 29 heavy (non-hydrogen) atoms. The van der Waals surface area contributed by atoms with Crippen molar-refractivity contribution in [2.45, 2.75) is 40.0 Å². The van der Waals surface area contributed by atoms with Gasteiger partial charge in [0.05, 0.1) is 6.61 Å². The summed E-state index contributed by atoms with van der Waals surface area (Å²) < 4.78 is 10.6. The van der Waals surface area contributed by atoms with Gasteiger partial charge in [-0.2, -0.15) is 0 Å². The molecular formula is C23H25NO4S. The summed E-state index contributed by atoms with van der Waals surface area (Å²) >= 11 is 1.29. The van der Waals surface area contributed by atoms with Crippen LogP contribution in [0.2, 0.25) is 0 Å². The lowest BCUT2D eigenvalue weighted by Crippen LogP contribution is -2.14. The quantitative estimate of drug-likeness (QED) is 0.520. The summed E-state index contributed by atoms with van der Waals surface area (Å²) in [6.07, 6.45) is 0. The predicted octanol–water partition coefficient (Wildman–Crippen LogP) is 6.04. The highest BCUT2D eigenvalue weighted by molar-refractivity contribution is 7.15. The number of benzene rings is 1. The average Bonchev–Trinajstić information content (AvgIpc) is 3.28. The smallest absolute Gasteiger partial charge is 0.341 e. The number of esters is 1. The van der Waals surface area contributed by atoms with E-state index in [1.807, 2.05) is 17.5 Å². The number of amides is 1.